The maximum atomic E-state index is 12.0. The van der Waals surface area contributed by atoms with Crippen LogP contribution in [0.4, 0.5) is 5.69 Å². The van der Waals surface area contributed by atoms with Crippen molar-refractivity contribution in [3.05, 3.63) is 59.3 Å². The zero-order chi connectivity index (χ0) is 19.3. The van der Waals surface area contributed by atoms with Gasteiger partial charge in [0.05, 0.1) is 5.75 Å². The van der Waals surface area contributed by atoms with Crippen LogP contribution in [0, 0.1) is 0 Å². The average molecular weight is 459 g/mol. The van der Waals surface area contributed by atoms with Gasteiger partial charge in [-0.2, -0.15) is 16.7 Å². The van der Waals surface area contributed by atoms with Gasteiger partial charge in [0.15, 0.2) is 5.65 Å². The number of fused-ring (bicyclic) bond motifs is 1. The van der Waals surface area contributed by atoms with Crippen molar-refractivity contribution in [2.45, 2.75) is 6.42 Å². The summed E-state index contributed by atoms with van der Waals surface area (Å²) < 4.78 is 8.08. The van der Waals surface area contributed by atoms with E-state index in [4.69, 9.17) is 4.52 Å². The quantitative estimate of drug-likeness (QED) is 0.423. The summed E-state index contributed by atoms with van der Waals surface area (Å²) in [5, 5.41) is 14.7. The lowest BCUT2D eigenvalue weighted by atomic mass is 10.2. The number of pyridine rings is 1. The number of aryl methyl sites for hydroxylation is 1. The minimum atomic E-state index is -0.0415. The van der Waals surface area contributed by atoms with Crippen LogP contribution in [0.15, 0.2) is 57.9 Å². The third-order valence-corrected chi connectivity index (χ3v) is 5.34. The molecule has 4 rings (SSSR count). The molecule has 142 valence electrons. The second kappa shape index (κ2) is 8.53. The third kappa shape index (κ3) is 4.57. The fourth-order valence-corrected chi connectivity index (χ4v) is 3.47. The van der Waals surface area contributed by atoms with E-state index in [1.165, 1.54) is 11.8 Å². The van der Waals surface area contributed by atoms with Crippen molar-refractivity contribution in [2.24, 2.45) is 0 Å². The van der Waals surface area contributed by atoms with Gasteiger partial charge in [-0.3, -0.25) is 9.20 Å². The van der Waals surface area contributed by atoms with Crippen molar-refractivity contribution in [1.82, 2.24) is 24.7 Å². The maximum absolute atomic E-state index is 12.0. The summed E-state index contributed by atoms with van der Waals surface area (Å²) in [4.78, 5) is 16.4. The topological polar surface area (TPSA) is 98.2 Å². The van der Waals surface area contributed by atoms with Crippen molar-refractivity contribution >= 4 is 44.9 Å². The average Bonchev–Trinajstić information content (AvgIpc) is 3.36. The first-order valence-electron chi connectivity index (χ1n) is 8.43. The molecule has 0 saturated carbocycles. The number of amides is 1. The van der Waals surface area contributed by atoms with Crippen molar-refractivity contribution in [3.63, 3.8) is 0 Å². The molecule has 0 aliphatic carbocycles. The highest BCUT2D eigenvalue weighted by atomic mass is 79.9. The molecule has 0 saturated heterocycles. The highest BCUT2D eigenvalue weighted by molar-refractivity contribution is 9.10. The van der Waals surface area contributed by atoms with E-state index in [1.54, 1.807) is 10.7 Å². The van der Waals surface area contributed by atoms with Crippen LogP contribution in [0.5, 0.6) is 0 Å². The smallest absolute Gasteiger partial charge is 0.234 e. The lowest BCUT2D eigenvalue weighted by Crippen LogP contribution is -2.14. The molecule has 0 bridgehead atoms. The summed E-state index contributed by atoms with van der Waals surface area (Å²) in [6, 6.07) is 11.2. The van der Waals surface area contributed by atoms with E-state index in [0.29, 0.717) is 29.6 Å². The molecule has 4 aromatic rings. The van der Waals surface area contributed by atoms with Crippen molar-refractivity contribution in [2.75, 3.05) is 16.8 Å². The minimum absolute atomic E-state index is 0.0415. The fraction of sp³-hybridized carbons (Fsp3) is 0.167. The molecule has 3 aromatic heterocycles. The van der Waals surface area contributed by atoms with E-state index in [-0.39, 0.29) is 5.91 Å². The number of hydrogen-bond acceptors (Lipinski definition) is 7. The number of aromatic nitrogens is 5. The van der Waals surface area contributed by atoms with Crippen molar-refractivity contribution < 1.29 is 9.32 Å². The summed E-state index contributed by atoms with van der Waals surface area (Å²) in [5.74, 6) is 2.08. The van der Waals surface area contributed by atoms with Crippen molar-refractivity contribution in [1.29, 1.82) is 0 Å². The first-order valence-corrected chi connectivity index (χ1v) is 10.4. The van der Waals surface area contributed by atoms with E-state index in [9.17, 15) is 4.79 Å². The van der Waals surface area contributed by atoms with Gasteiger partial charge in [0.1, 0.15) is 6.33 Å². The van der Waals surface area contributed by atoms with Crippen LogP contribution >= 0.6 is 27.7 Å². The van der Waals surface area contributed by atoms with Crippen molar-refractivity contribution in [3.8, 4) is 11.4 Å². The first-order chi connectivity index (χ1) is 13.7. The summed E-state index contributed by atoms with van der Waals surface area (Å²) in [7, 11) is 0. The second-order valence-electron chi connectivity index (χ2n) is 5.88. The number of benzene rings is 1. The number of carbonyl (C=O) groups is 1. The minimum Gasteiger partial charge on any atom is -0.339 e. The highest BCUT2D eigenvalue weighted by Crippen LogP contribution is 2.18. The Morgan fingerprint density at radius 2 is 2.11 bits per heavy atom. The van der Waals surface area contributed by atoms with Gasteiger partial charge in [-0.15, -0.1) is 10.2 Å². The summed E-state index contributed by atoms with van der Waals surface area (Å²) >= 11 is 4.88. The normalized spacial score (nSPS) is 11.0. The molecule has 1 N–H and O–H groups in total. The molecule has 0 spiro atoms. The number of carbonyl (C=O) groups excluding carboxylic acids is 1. The molecule has 0 aliphatic rings. The van der Waals surface area contributed by atoms with Gasteiger partial charge in [-0.05, 0) is 36.4 Å². The fourth-order valence-electron chi connectivity index (χ4n) is 2.48. The largest absolute Gasteiger partial charge is 0.339 e. The van der Waals surface area contributed by atoms with Gasteiger partial charge in [-0.1, -0.05) is 21.1 Å². The predicted octanol–water partition coefficient (Wildman–Crippen LogP) is 3.46. The van der Waals surface area contributed by atoms with Gasteiger partial charge in [-0.25, -0.2) is 0 Å². The SMILES string of the molecule is O=C(CSCCc1nc(-c2ccn3cnnc3c2)no1)Nc1ccc(Br)cc1. The van der Waals surface area contributed by atoms with Gasteiger partial charge < -0.3 is 9.84 Å². The van der Waals surface area contributed by atoms with E-state index in [0.717, 1.165) is 21.4 Å². The van der Waals surface area contributed by atoms with Gasteiger partial charge in [0, 0.05) is 34.1 Å². The van der Waals surface area contributed by atoms with Crippen LogP contribution in [0.3, 0.4) is 0 Å². The van der Waals surface area contributed by atoms with E-state index < -0.39 is 0 Å². The summed E-state index contributed by atoms with van der Waals surface area (Å²) in [6.45, 7) is 0. The number of anilines is 1. The number of nitrogens with one attached hydrogen (secondary N) is 1. The number of nitrogens with zero attached hydrogens (tertiary/aromatic N) is 5. The zero-order valence-electron chi connectivity index (χ0n) is 14.6. The zero-order valence-corrected chi connectivity index (χ0v) is 17.0. The van der Waals surface area contributed by atoms with Crippen LogP contribution < -0.4 is 5.32 Å². The molecule has 10 heteroatoms. The molecular weight excluding hydrogens is 444 g/mol. The number of halogens is 1. The van der Waals surface area contributed by atoms with E-state index in [2.05, 4.69) is 41.6 Å². The van der Waals surface area contributed by atoms with Crippen LogP contribution in [-0.4, -0.2) is 42.2 Å². The Labute approximate surface area is 172 Å². The Bertz CT molecular complexity index is 1090. The van der Waals surface area contributed by atoms with Gasteiger partial charge >= 0.3 is 0 Å². The third-order valence-electron chi connectivity index (χ3n) is 3.85. The number of thioether (sulfide) groups is 1. The Hall–Kier alpha value is -2.72. The van der Waals surface area contributed by atoms with Crippen LogP contribution in [-0.2, 0) is 11.2 Å². The maximum Gasteiger partial charge on any atom is 0.234 e. The summed E-state index contributed by atoms with van der Waals surface area (Å²) in [5.41, 5.74) is 2.31. The first kappa shape index (κ1) is 18.6. The molecule has 1 amide bonds. The Balaban J connectivity index is 1.25. The molecule has 28 heavy (non-hydrogen) atoms. The molecule has 0 atom stereocenters. The molecule has 3 heterocycles. The molecule has 0 aliphatic heterocycles. The Morgan fingerprint density at radius 3 is 2.96 bits per heavy atom. The monoisotopic (exact) mass is 458 g/mol. The molecule has 0 unspecified atom stereocenters. The standard InChI is InChI=1S/C18H15BrN6O2S/c19-13-1-3-14(4-2-13)21-16(26)10-28-8-6-17-22-18(24-27-17)12-5-7-25-11-20-23-15(25)9-12/h1-5,7,9,11H,6,8,10H2,(H,21,26). The lowest BCUT2D eigenvalue weighted by molar-refractivity contribution is -0.113. The predicted molar refractivity (Wildman–Crippen MR) is 110 cm³/mol. The van der Waals surface area contributed by atoms with E-state index in [1.807, 2.05) is 42.6 Å². The molecule has 8 nitrogen and oxygen atoms in total. The molecule has 1 aromatic carbocycles. The second-order valence-corrected chi connectivity index (χ2v) is 7.90. The molecule has 0 fully saturated rings. The Morgan fingerprint density at radius 1 is 1.25 bits per heavy atom. The lowest BCUT2D eigenvalue weighted by Gasteiger charge is -2.04. The summed E-state index contributed by atoms with van der Waals surface area (Å²) in [6.07, 6.45) is 4.07. The number of rotatable bonds is 7. The Kier molecular flexibility index (Phi) is 5.68. The van der Waals surface area contributed by atoms with Gasteiger partial charge in [0.25, 0.3) is 0 Å². The van der Waals surface area contributed by atoms with Crippen LogP contribution in [0.1, 0.15) is 5.89 Å². The van der Waals surface area contributed by atoms with E-state index >= 15 is 0 Å². The van der Waals surface area contributed by atoms with Crippen LogP contribution in [0.2, 0.25) is 0 Å². The van der Waals surface area contributed by atoms with Gasteiger partial charge in [0.2, 0.25) is 17.6 Å². The number of hydrogen-bond donors (Lipinski definition) is 1. The van der Waals surface area contributed by atoms with Crippen LogP contribution in [0.25, 0.3) is 17.0 Å². The molecule has 0 radical (unpaired) electrons. The highest BCUT2D eigenvalue weighted by Gasteiger charge is 2.10. The molecular formula is C18H15BrN6O2S.